The second kappa shape index (κ2) is 7.44. The van der Waals surface area contributed by atoms with Gasteiger partial charge in [0.2, 0.25) is 0 Å². The average molecular weight is 339 g/mol. The predicted octanol–water partition coefficient (Wildman–Crippen LogP) is 2.86. The molecule has 0 bridgehead atoms. The molecule has 0 aromatic heterocycles. The largest absolute Gasteiger partial charge is 0.336 e. The Morgan fingerprint density at radius 1 is 1.04 bits per heavy atom. The molecular weight excluding hydrogens is 318 g/mol. The summed E-state index contributed by atoms with van der Waals surface area (Å²) in [6.45, 7) is 5.65. The van der Waals surface area contributed by atoms with E-state index in [1.807, 2.05) is 12.1 Å². The van der Waals surface area contributed by atoms with Gasteiger partial charge in [0.05, 0.1) is 4.92 Å². The fourth-order valence-electron chi connectivity index (χ4n) is 3.12. The van der Waals surface area contributed by atoms with Gasteiger partial charge in [-0.1, -0.05) is 36.4 Å². The molecule has 25 heavy (non-hydrogen) atoms. The summed E-state index contributed by atoms with van der Waals surface area (Å²) in [5.41, 5.74) is 2.59. The van der Waals surface area contributed by atoms with Crippen LogP contribution in [0.1, 0.15) is 21.5 Å². The number of rotatable bonds is 4. The first kappa shape index (κ1) is 17.1. The van der Waals surface area contributed by atoms with E-state index in [1.165, 1.54) is 23.3 Å². The Kier molecular flexibility index (Phi) is 5.09. The monoisotopic (exact) mass is 339 g/mol. The number of hydrogen-bond donors (Lipinski definition) is 0. The highest BCUT2D eigenvalue weighted by molar-refractivity contribution is 5.98. The molecule has 3 rings (SSSR count). The normalized spacial score (nSPS) is 15.2. The molecule has 1 saturated heterocycles. The summed E-state index contributed by atoms with van der Waals surface area (Å²) >= 11 is 0. The van der Waals surface area contributed by atoms with Crippen molar-refractivity contribution in [1.29, 1.82) is 0 Å². The number of benzene rings is 2. The number of aryl methyl sites for hydroxylation is 1. The number of carbonyl (C=O) groups excluding carboxylic acids is 1. The predicted molar refractivity (Wildman–Crippen MR) is 95.5 cm³/mol. The molecule has 130 valence electrons. The Balaban J connectivity index is 1.64. The third kappa shape index (κ3) is 3.85. The first-order chi connectivity index (χ1) is 12.1. The van der Waals surface area contributed by atoms with E-state index in [4.69, 9.17) is 0 Å². The van der Waals surface area contributed by atoms with Gasteiger partial charge in [-0.2, -0.15) is 0 Å². The number of carbonyl (C=O) groups is 1. The van der Waals surface area contributed by atoms with Crippen LogP contribution in [0.2, 0.25) is 0 Å². The standard InChI is InChI=1S/C19H21N3O3/c1-15-6-2-3-7-16(15)14-20-10-12-21(13-11-20)19(23)17-8-4-5-9-18(17)22(24)25/h2-9H,10-14H2,1H3. The molecule has 0 saturated carbocycles. The van der Waals surface area contributed by atoms with Crippen molar-refractivity contribution in [3.05, 3.63) is 75.3 Å². The first-order valence-electron chi connectivity index (χ1n) is 8.36. The van der Waals surface area contributed by atoms with E-state index in [0.717, 1.165) is 19.6 Å². The maximum atomic E-state index is 12.6. The Bertz CT molecular complexity index is 783. The second-order valence-corrected chi connectivity index (χ2v) is 6.27. The quantitative estimate of drug-likeness (QED) is 0.634. The van der Waals surface area contributed by atoms with Crippen LogP contribution in [0.25, 0.3) is 0 Å². The van der Waals surface area contributed by atoms with Crippen molar-refractivity contribution >= 4 is 11.6 Å². The highest BCUT2D eigenvalue weighted by atomic mass is 16.6. The number of amides is 1. The van der Waals surface area contributed by atoms with Crippen LogP contribution in [-0.2, 0) is 6.54 Å². The molecule has 0 unspecified atom stereocenters. The number of piperazine rings is 1. The first-order valence-corrected chi connectivity index (χ1v) is 8.36. The van der Waals surface area contributed by atoms with Gasteiger partial charge in [-0.3, -0.25) is 19.8 Å². The SMILES string of the molecule is Cc1ccccc1CN1CCN(C(=O)c2ccccc2[N+](=O)[O-])CC1. The van der Waals surface area contributed by atoms with Crippen molar-refractivity contribution in [2.45, 2.75) is 13.5 Å². The van der Waals surface area contributed by atoms with Gasteiger partial charge in [0.1, 0.15) is 5.56 Å². The number of para-hydroxylation sites is 1. The lowest BCUT2D eigenvalue weighted by Crippen LogP contribution is -2.48. The van der Waals surface area contributed by atoms with E-state index >= 15 is 0 Å². The van der Waals surface area contributed by atoms with E-state index < -0.39 is 4.92 Å². The molecular formula is C19H21N3O3. The van der Waals surface area contributed by atoms with Crippen molar-refractivity contribution in [2.75, 3.05) is 26.2 Å². The van der Waals surface area contributed by atoms with Crippen molar-refractivity contribution < 1.29 is 9.72 Å². The Labute approximate surface area is 146 Å². The van der Waals surface area contributed by atoms with Crippen LogP contribution in [-0.4, -0.2) is 46.8 Å². The summed E-state index contributed by atoms with van der Waals surface area (Å²) in [4.78, 5) is 27.3. The summed E-state index contributed by atoms with van der Waals surface area (Å²) in [5.74, 6) is -0.261. The molecule has 2 aromatic carbocycles. The van der Waals surface area contributed by atoms with E-state index in [0.29, 0.717) is 13.1 Å². The molecule has 1 heterocycles. The van der Waals surface area contributed by atoms with Gasteiger partial charge < -0.3 is 4.90 Å². The number of hydrogen-bond acceptors (Lipinski definition) is 4. The Morgan fingerprint density at radius 3 is 2.36 bits per heavy atom. The summed E-state index contributed by atoms with van der Waals surface area (Å²) in [6.07, 6.45) is 0. The highest BCUT2D eigenvalue weighted by Crippen LogP contribution is 2.21. The molecule has 1 aliphatic rings. The number of nitrogens with zero attached hydrogens (tertiary/aromatic N) is 3. The third-order valence-corrected chi connectivity index (χ3v) is 4.65. The van der Waals surface area contributed by atoms with Gasteiger partial charge in [0.25, 0.3) is 11.6 Å². The van der Waals surface area contributed by atoms with Gasteiger partial charge in [0.15, 0.2) is 0 Å². The maximum Gasteiger partial charge on any atom is 0.282 e. The van der Waals surface area contributed by atoms with Crippen molar-refractivity contribution in [1.82, 2.24) is 9.80 Å². The fourth-order valence-corrected chi connectivity index (χ4v) is 3.12. The minimum Gasteiger partial charge on any atom is -0.336 e. The van der Waals surface area contributed by atoms with Crippen LogP contribution in [0, 0.1) is 17.0 Å². The van der Waals surface area contributed by atoms with E-state index in [1.54, 1.807) is 17.0 Å². The van der Waals surface area contributed by atoms with Crippen LogP contribution in [0.4, 0.5) is 5.69 Å². The van der Waals surface area contributed by atoms with Gasteiger partial charge in [-0.15, -0.1) is 0 Å². The Morgan fingerprint density at radius 2 is 1.68 bits per heavy atom. The molecule has 6 heteroatoms. The van der Waals surface area contributed by atoms with Crippen molar-refractivity contribution in [3.8, 4) is 0 Å². The summed E-state index contributed by atoms with van der Waals surface area (Å²) in [7, 11) is 0. The summed E-state index contributed by atoms with van der Waals surface area (Å²) < 4.78 is 0. The van der Waals surface area contributed by atoms with Gasteiger partial charge in [0, 0.05) is 38.8 Å². The molecule has 2 aromatic rings. The van der Waals surface area contributed by atoms with E-state index in [9.17, 15) is 14.9 Å². The molecule has 1 aliphatic heterocycles. The van der Waals surface area contributed by atoms with E-state index in [2.05, 4.69) is 24.0 Å². The minimum atomic E-state index is -0.498. The lowest BCUT2D eigenvalue weighted by atomic mass is 10.1. The lowest BCUT2D eigenvalue weighted by Gasteiger charge is -2.35. The molecule has 0 radical (unpaired) electrons. The Hall–Kier alpha value is -2.73. The van der Waals surface area contributed by atoms with Crippen LogP contribution < -0.4 is 0 Å². The zero-order valence-electron chi connectivity index (χ0n) is 14.2. The number of nitro groups is 1. The van der Waals surface area contributed by atoms with Crippen LogP contribution in [0.15, 0.2) is 48.5 Å². The van der Waals surface area contributed by atoms with Crippen molar-refractivity contribution in [2.24, 2.45) is 0 Å². The third-order valence-electron chi connectivity index (χ3n) is 4.65. The zero-order chi connectivity index (χ0) is 17.8. The van der Waals surface area contributed by atoms with Gasteiger partial charge in [-0.05, 0) is 24.1 Å². The molecule has 0 N–H and O–H groups in total. The maximum absolute atomic E-state index is 12.6. The average Bonchev–Trinajstić information content (AvgIpc) is 2.63. The van der Waals surface area contributed by atoms with Gasteiger partial charge in [-0.25, -0.2) is 0 Å². The number of nitro benzene ring substituents is 1. The summed E-state index contributed by atoms with van der Waals surface area (Å²) in [6, 6.07) is 14.4. The molecule has 0 spiro atoms. The van der Waals surface area contributed by atoms with Crippen LogP contribution in [0.3, 0.4) is 0 Å². The molecule has 0 aliphatic carbocycles. The molecule has 1 amide bonds. The highest BCUT2D eigenvalue weighted by Gasteiger charge is 2.27. The summed E-state index contributed by atoms with van der Waals surface area (Å²) in [5, 5.41) is 11.1. The molecule has 1 fully saturated rings. The van der Waals surface area contributed by atoms with Crippen LogP contribution in [0.5, 0.6) is 0 Å². The second-order valence-electron chi connectivity index (χ2n) is 6.27. The minimum absolute atomic E-state index is 0.130. The topological polar surface area (TPSA) is 66.7 Å². The van der Waals surface area contributed by atoms with Crippen LogP contribution >= 0.6 is 0 Å². The zero-order valence-corrected chi connectivity index (χ0v) is 14.2. The fraction of sp³-hybridized carbons (Fsp3) is 0.316. The van der Waals surface area contributed by atoms with Gasteiger partial charge >= 0.3 is 0 Å². The molecule has 6 nitrogen and oxygen atoms in total. The lowest BCUT2D eigenvalue weighted by molar-refractivity contribution is -0.385. The van der Waals surface area contributed by atoms with E-state index in [-0.39, 0.29) is 17.2 Å². The van der Waals surface area contributed by atoms with Crippen molar-refractivity contribution in [3.63, 3.8) is 0 Å². The molecule has 0 atom stereocenters. The smallest absolute Gasteiger partial charge is 0.282 e.